The van der Waals surface area contributed by atoms with Gasteiger partial charge in [-0.2, -0.15) is 0 Å². The quantitative estimate of drug-likeness (QED) is 0.576. The van der Waals surface area contributed by atoms with E-state index in [0.717, 1.165) is 0 Å². The first-order valence-corrected chi connectivity index (χ1v) is 9.76. The van der Waals surface area contributed by atoms with Crippen molar-refractivity contribution in [3.8, 4) is 17.4 Å². The van der Waals surface area contributed by atoms with E-state index in [1.165, 1.54) is 19.5 Å². The molecule has 0 saturated carbocycles. The molecule has 1 atom stereocenters. The van der Waals surface area contributed by atoms with Gasteiger partial charge in [-0.25, -0.2) is 4.98 Å². The van der Waals surface area contributed by atoms with Crippen LogP contribution in [0.15, 0.2) is 67.1 Å². The summed E-state index contributed by atoms with van der Waals surface area (Å²) in [7, 11) is 1.49. The summed E-state index contributed by atoms with van der Waals surface area (Å²) in [5.41, 5.74) is 0.895. The van der Waals surface area contributed by atoms with Gasteiger partial charge >= 0.3 is 0 Å². The van der Waals surface area contributed by atoms with Crippen LogP contribution in [0, 0.1) is 5.92 Å². The lowest BCUT2D eigenvalue weighted by atomic mass is 10.0. The van der Waals surface area contributed by atoms with Gasteiger partial charge in [0.05, 0.1) is 18.9 Å². The Balaban J connectivity index is 1.71. The molecule has 0 aliphatic carbocycles. The number of anilines is 1. The predicted octanol–water partition coefficient (Wildman–Crippen LogP) is 3.67. The maximum Gasteiger partial charge on any atom is 0.255 e. The average molecular weight is 420 g/mol. The molecule has 1 heterocycles. The van der Waals surface area contributed by atoms with Gasteiger partial charge in [0, 0.05) is 24.1 Å². The van der Waals surface area contributed by atoms with Crippen molar-refractivity contribution in [3.63, 3.8) is 0 Å². The Hall–Kier alpha value is -3.94. The van der Waals surface area contributed by atoms with Crippen LogP contribution >= 0.6 is 0 Å². The molecule has 0 spiro atoms. The second-order valence-electron chi connectivity index (χ2n) is 7.06. The van der Waals surface area contributed by atoms with Crippen LogP contribution in [0.1, 0.15) is 24.2 Å². The van der Waals surface area contributed by atoms with Crippen LogP contribution in [0.5, 0.6) is 17.4 Å². The molecule has 2 amide bonds. The number of aromatic nitrogens is 2. The van der Waals surface area contributed by atoms with E-state index >= 15 is 0 Å². The number of hydrogen-bond donors (Lipinski definition) is 2. The summed E-state index contributed by atoms with van der Waals surface area (Å²) in [5.74, 6) is 0.419. The number of carbonyl (C=O) groups is 2. The van der Waals surface area contributed by atoms with E-state index in [1.807, 2.05) is 13.8 Å². The van der Waals surface area contributed by atoms with Gasteiger partial charge in [0.15, 0.2) is 0 Å². The van der Waals surface area contributed by atoms with Gasteiger partial charge < -0.3 is 20.1 Å². The van der Waals surface area contributed by atoms with Crippen LogP contribution in [0.25, 0.3) is 0 Å². The Bertz CT molecular complexity index is 1040. The molecule has 0 aliphatic heterocycles. The highest BCUT2D eigenvalue weighted by Gasteiger charge is 2.26. The zero-order valence-corrected chi connectivity index (χ0v) is 17.5. The zero-order chi connectivity index (χ0) is 22.2. The van der Waals surface area contributed by atoms with Crippen LogP contribution in [0.2, 0.25) is 0 Å². The Morgan fingerprint density at radius 2 is 1.84 bits per heavy atom. The summed E-state index contributed by atoms with van der Waals surface area (Å²) in [6.45, 7) is 3.72. The monoisotopic (exact) mass is 420 g/mol. The van der Waals surface area contributed by atoms with Crippen LogP contribution in [0.3, 0.4) is 0 Å². The highest BCUT2D eigenvalue weighted by molar-refractivity contribution is 6.02. The van der Waals surface area contributed by atoms with Gasteiger partial charge in [0.1, 0.15) is 17.5 Å². The van der Waals surface area contributed by atoms with Crippen molar-refractivity contribution in [2.75, 3.05) is 12.4 Å². The largest absolute Gasteiger partial charge is 0.496 e. The number of benzene rings is 2. The lowest BCUT2D eigenvalue weighted by Gasteiger charge is -2.22. The Morgan fingerprint density at radius 1 is 1.03 bits per heavy atom. The molecule has 3 aromatic rings. The molecular formula is C23H24N4O4. The third kappa shape index (κ3) is 5.79. The molecule has 0 fully saturated rings. The third-order valence-corrected chi connectivity index (χ3v) is 4.45. The standard InChI is InChI=1S/C23H24N4O4/c1-15(2)21(27-22(28)18-9-4-5-10-19(18)30-3)23(29)26-16-7-6-8-17(13-16)31-20-14-24-11-12-25-20/h4-15,21H,1-3H3,(H,26,29)(H,27,28). The normalized spacial score (nSPS) is 11.5. The van der Waals surface area contributed by atoms with E-state index in [0.29, 0.717) is 28.6 Å². The molecule has 0 radical (unpaired) electrons. The zero-order valence-electron chi connectivity index (χ0n) is 17.5. The summed E-state index contributed by atoms with van der Waals surface area (Å²) < 4.78 is 10.9. The fourth-order valence-corrected chi connectivity index (χ4v) is 2.90. The second-order valence-corrected chi connectivity index (χ2v) is 7.06. The van der Waals surface area contributed by atoms with E-state index in [9.17, 15) is 9.59 Å². The average Bonchev–Trinajstić information content (AvgIpc) is 2.78. The van der Waals surface area contributed by atoms with E-state index in [4.69, 9.17) is 9.47 Å². The Morgan fingerprint density at radius 3 is 2.55 bits per heavy atom. The van der Waals surface area contributed by atoms with Crippen molar-refractivity contribution in [2.45, 2.75) is 19.9 Å². The summed E-state index contributed by atoms with van der Waals surface area (Å²) in [4.78, 5) is 33.7. The molecule has 2 N–H and O–H groups in total. The third-order valence-electron chi connectivity index (χ3n) is 4.45. The molecule has 160 valence electrons. The SMILES string of the molecule is COc1ccccc1C(=O)NC(C(=O)Nc1cccc(Oc2cnccn2)c1)C(C)C. The molecule has 8 nitrogen and oxygen atoms in total. The van der Waals surface area contributed by atoms with Gasteiger partial charge in [-0.05, 0) is 30.2 Å². The van der Waals surface area contributed by atoms with Crippen LogP contribution < -0.4 is 20.1 Å². The van der Waals surface area contributed by atoms with Crippen molar-refractivity contribution in [3.05, 3.63) is 72.7 Å². The minimum atomic E-state index is -0.748. The smallest absolute Gasteiger partial charge is 0.255 e. The number of nitrogens with one attached hydrogen (secondary N) is 2. The lowest BCUT2D eigenvalue weighted by molar-refractivity contribution is -0.118. The highest BCUT2D eigenvalue weighted by atomic mass is 16.5. The number of para-hydroxylation sites is 1. The van der Waals surface area contributed by atoms with Crippen molar-refractivity contribution in [1.82, 2.24) is 15.3 Å². The van der Waals surface area contributed by atoms with Crippen LogP contribution in [-0.4, -0.2) is 34.9 Å². The first-order chi connectivity index (χ1) is 15.0. The minimum absolute atomic E-state index is 0.141. The van der Waals surface area contributed by atoms with Crippen molar-refractivity contribution in [2.24, 2.45) is 5.92 Å². The molecule has 0 aliphatic rings. The molecule has 3 rings (SSSR count). The maximum absolute atomic E-state index is 12.9. The van der Waals surface area contributed by atoms with E-state index < -0.39 is 6.04 Å². The molecule has 1 unspecified atom stereocenters. The highest BCUT2D eigenvalue weighted by Crippen LogP contribution is 2.23. The topological polar surface area (TPSA) is 102 Å². The summed E-state index contributed by atoms with van der Waals surface area (Å²) >= 11 is 0. The van der Waals surface area contributed by atoms with E-state index in [1.54, 1.807) is 54.7 Å². The first kappa shape index (κ1) is 21.8. The number of ether oxygens (including phenoxy) is 2. The molecule has 8 heteroatoms. The van der Waals surface area contributed by atoms with Gasteiger partial charge in [0.25, 0.3) is 5.91 Å². The van der Waals surface area contributed by atoms with Gasteiger partial charge in [-0.3, -0.25) is 14.6 Å². The van der Waals surface area contributed by atoms with Gasteiger partial charge in [0.2, 0.25) is 11.8 Å². The van der Waals surface area contributed by atoms with Gasteiger partial charge in [-0.1, -0.05) is 32.0 Å². The van der Waals surface area contributed by atoms with Crippen LogP contribution in [-0.2, 0) is 4.79 Å². The van der Waals surface area contributed by atoms with E-state index in [2.05, 4.69) is 20.6 Å². The first-order valence-electron chi connectivity index (χ1n) is 9.76. The Labute approximate surface area is 180 Å². The summed E-state index contributed by atoms with van der Waals surface area (Å²) in [6, 6.07) is 13.0. The van der Waals surface area contributed by atoms with Crippen molar-refractivity contribution >= 4 is 17.5 Å². The summed E-state index contributed by atoms with van der Waals surface area (Å²) in [5, 5.41) is 5.64. The number of amides is 2. The molecule has 0 bridgehead atoms. The molecule has 0 saturated heterocycles. The number of nitrogens with zero attached hydrogens (tertiary/aromatic N) is 2. The summed E-state index contributed by atoms with van der Waals surface area (Å²) in [6.07, 6.45) is 4.57. The van der Waals surface area contributed by atoms with E-state index in [-0.39, 0.29) is 17.7 Å². The number of methoxy groups -OCH3 is 1. The number of hydrogen-bond acceptors (Lipinski definition) is 6. The minimum Gasteiger partial charge on any atom is -0.496 e. The molecule has 1 aromatic heterocycles. The van der Waals surface area contributed by atoms with Crippen LogP contribution in [0.4, 0.5) is 5.69 Å². The predicted molar refractivity (Wildman–Crippen MR) is 116 cm³/mol. The lowest BCUT2D eigenvalue weighted by Crippen LogP contribution is -2.47. The number of rotatable bonds is 8. The molecule has 31 heavy (non-hydrogen) atoms. The molecular weight excluding hydrogens is 396 g/mol. The van der Waals surface area contributed by atoms with Crippen molar-refractivity contribution in [1.29, 1.82) is 0 Å². The number of carbonyl (C=O) groups excluding carboxylic acids is 2. The Kier molecular flexibility index (Phi) is 7.16. The molecule has 2 aromatic carbocycles. The van der Waals surface area contributed by atoms with Gasteiger partial charge in [-0.15, -0.1) is 0 Å². The fraction of sp³-hybridized carbons (Fsp3) is 0.217. The second kappa shape index (κ2) is 10.2. The van der Waals surface area contributed by atoms with Crippen molar-refractivity contribution < 1.29 is 19.1 Å². The fourth-order valence-electron chi connectivity index (χ4n) is 2.90. The maximum atomic E-state index is 12.9.